The molecule has 0 saturated heterocycles. The van der Waals surface area contributed by atoms with Gasteiger partial charge < -0.3 is 14.2 Å². The van der Waals surface area contributed by atoms with Crippen LogP contribution in [0.3, 0.4) is 0 Å². The van der Waals surface area contributed by atoms with Gasteiger partial charge in [-0.3, -0.25) is 10.1 Å². The molecule has 11 heteroatoms. The Labute approximate surface area is 217 Å². The number of hydrogen-bond donors (Lipinski definition) is 0. The zero-order valence-corrected chi connectivity index (χ0v) is 20.8. The van der Waals surface area contributed by atoms with Crippen LogP contribution < -0.4 is 9.47 Å². The lowest BCUT2D eigenvalue weighted by molar-refractivity contribution is -0.384. The summed E-state index contributed by atoms with van der Waals surface area (Å²) in [4.78, 5) is 39.5. The number of nitrogens with zero attached hydrogens (tertiary/aromatic N) is 2. The average molecular weight is 605 g/mol. The number of carbonyl (C=O) groups is 2. The molecule has 1 aliphatic heterocycles. The molecule has 4 rings (SSSR count). The number of ether oxygens (including phenoxy) is 3. The lowest BCUT2D eigenvalue weighted by Gasteiger charge is -2.12. The van der Waals surface area contributed by atoms with Crippen LogP contribution in [0.1, 0.15) is 21.5 Å². The van der Waals surface area contributed by atoms with Gasteiger partial charge in [0.25, 0.3) is 5.69 Å². The maximum atomic E-state index is 12.5. The molecule has 0 fully saturated rings. The molecule has 3 aromatic rings. The van der Waals surface area contributed by atoms with Crippen molar-refractivity contribution < 1.29 is 28.7 Å². The summed E-state index contributed by atoms with van der Waals surface area (Å²) in [5.74, 6) is -0.862. The molecule has 1 aliphatic rings. The van der Waals surface area contributed by atoms with E-state index < -0.39 is 16.9 Å². The number of methoxy groups -OCH3 is 1. The third kappa shape index (κ3) is 5.49. The second-order valence-corrected chi connectivity index (χ2v) is 8.67. The van der Waals surface area contributed by atoms with Gasteiger partial charge in [0, 0.05) is 22.7 Å². The molecule has 0 atom stereocenters. The third-order valence-electron chi connectivity index (χ3n) is 4.75. The number of esters is 2. The Morgan fingerprint density at radius 1 is 1.17 bits per heavy atom. The van der Waals surface area contributed by atoms with Crippen LogP contribution in [0.25, 0.3) is 6.08 Å². The second kappa shape index (κ2) is 10.2. The summed E-state index contributed by atoms with van der Waals surface area (Å²) in [5, 5.41) is 11.5. The molecule has 0 aromatic heterocycles. The Hall–Kier alpha value is -3.77. The predicted molar refractivity (Wildman–Crippen MR) is 136 cm³/mol. The van der Waals surface area contributed by atoms with Crippen molar-refractivity contribution in [3.05, 3.63) is 102 Å². The fourth-order valence-electron chi connectivity index (χ4n) is 3.10. The van der Waals surface area contributed by atoms with E-state index in [0.29, 0.717) is 25.3 Å². The molecule has 0 spiro atoms. The Morgan fingerprint density at radius 3 is 2.60 bits per heavy atom. The monoisotopic (exact) mass is 604 g/mol. The molecule has 0 aliphatic carbocycles. The minimum atomic E-state index is -0.710. The number of rotatable bonds is 6. The van der Waals surface area contributed by atoms with Gasteiger partial charge in [-0.05, 0) is 76.7 Å². The van der Waals surface area contributed by atoms with Crippen molar-refractivity contribution >= 4 is 63.8 Å². The molecular formula is C24H14ClIN2O7. The highest BCUT2D eigenvalue weighted by Gasteiger charge is 2.26. The highest BCUT2D eigenvalue weighted by atomic mass is 127. The maximum Gasteiger partial charge on any atom is 0.363 e. The Morgan fingerprint density at radius 2 is 1.91 bits per heavy atom. The number of nitro benzene ring substituents is 1. The first-order chi connectivity index (χ1) is 16.7. The van der Waals surface area contributed by atoms with Crippen LogP contribution in [-0.4, -0.2) is 29.9 Å². The van der Waals surface area contributed by atoms with Crippen LogP contribution in [0, 0.1) is 13.7 Å². The number of halogens is 2. The Bertz CT molecular complexity index is 1420. The SMILES string of the molecule is COc1cc(/C=C2\N=C(c3cccc([N+](=O)[O-])c3)OC2=O)cc(I)c1OC(=O)c1ccc(Cl)cc1. The van der Waals surface area contributed by atoms with Gasteiger partial charge >= 0.3 is 11.9 Å². The number of nitro groups is 1. The smallest absolute Gasteiger partial charge is 0.363 e. The second-order valence-electron chi connectivity index (χ2n) is 7.07. The van der Waals surface area contributed by atoms with Gasteiger partial charge in [-0.15, -0.1) is 0 Å². The minimum Gasteiger partial charge on any atom is -0.493 e. The number of carbonyl (C=O) groups excluding carboxylic acids is 2. The van der Waals surface area contributed by atoms with Crippen molar-refractivity contribution in [2.24, 2.45) is 4.99 Å². The average Bonchev–Trinajstić information content (AvgIpc) is 3.21. The summed E-state index contributed by atoms with van der Waals surface area (Å²) in [6.45, 7) is 0. The predicted octanol–water partition coefficient (Wildman–Crippen LogP) is 5.43. The number of aliphatic imine (C=N–C) groups is 1. The fraction of sp³-hybridized carbons (Fsp3) is 0.0417. The van der Waals surface area contributed by atoms with Crippen molar-refractivity contribution in [3.63, 3.8) is 0 Å². The standard InChI is InChI=1S/C24H14ClIN2O7/c1-33-20-11-13(9-18(26)21(20)34-23(29)14-5-7-16(25)8-6-14)10-19-24(30)35-22(27-19)15-3-2-4-17(12-15)28(31)32/h2-12H,1H3/b19-10-. The molecule has 0 bridgehead atoms. The van der Waals surface area contributed by atoms with Crippen molar-refractivity contribution in [1.29, 1.82) is 0 Å². The number of non-ortho nitro benzene ring substituents is 1. The van der Waals surface area contributed by atoms with Crippen LogP contribution in [0.2, 0.25) is 5.02 Å². The lowest BCUT2D eigenvalue weighted by atomic mass is 10.1. The molecule has 0 unspecified atom stereocenters. The lowest BCUT2D eigenvalue weighted by Crippen LogP contribution is -2.10. The van der Waals surface area contributed by atoms with Crippen molar-refractivity contribution in [2.45, 2.75) is 0 Å². The zero-order chi connectivity index (χ0) is 25.1. The van der Waals surface area contributed by atoms with Gasteiger partial charge in [0.05, 0.1) is 21.2 Å². The Kier molecular flexibility index (Phi) is 7.12. The molecule has 3 aromatic carbocycles. The van der Waals surface area contributed by atoms with E-state index >= 15 is 0 Å². The summed E-state index contributed by atoms with van der Waals surface area (Å²) in [6, 6.07) is 15.1. The van der Waals surface area contributed by atoms with Gasteiger partial charge in [0.15, 0.2) is 17.2 Å². The molecule has 35 heavy (non-hydrogen) atoms. The highest BCUT2D eigenvalue weighted by Crippen LogP contribution is 2.35. The van der Waals surface area contributed by atoms with Gasteiger partial charge in [0.2, 0.25) is 5.90 Å². The zero-order valence-electron chi connectivity index (χ0n) is 17.9. The largest absolute Gasteiger partial charge is 0.493 e. The van der Waals surface area contributed by atoms with Crippen LogP contribution in [0.5, 0.6) is 11.5 Å². The molecule has 0 N–H and O–H groups in total. The van der Waals surface area contributed by atoms with Gasteiger partial charge in [0.1, 0.15) is 0 Å². The molecule has 1 heterocycles. The van der Waals surface area contributed by atoms with Crippen LogP contribution in [0.4, 0.5) is 5.69 Å². The minimum absolute atomic E-state index is 0.00438. The third-order valence-corrected chi connectivity index (χ3v) is 5.81. The van der Waals surface area contributed by atoms with Crippen molar-refractivity contribution in [3.8, 4) is 11.5 Å². The van der Waals surface area contributed by atoms with E-state index in [9.17, 15) is 19.7 Å². The van der Waals surface area contributed by atoms with Crippen molar-refractivity contribution in [2.75, 3.05) is 7.11 Å². The summed E-state index contributed by atoms with van der Waals surface area (Å²) < 4.78 is 16.7. The van der Waals surface area contributed by atoms with E-state index in [1.165, 1.54) is 31.4 Å². The first-order valence-electron chi connectivity index (χ1n) is 9.88. The van der Waals surface area contributed by atoms with E-state index in [2.05, 4.69) is 4.99 Å². The number of cyclic esters (lactones) is 1. The summed E-state index contributed by atoms with van der Waals surface area (Å²) in [6.07, 6.45) is 1.47. The van der Waals surface area contributed by atoms with E-state index in [0.717, 1.165) is 0 Å². The number of benzene rings is 3. The first-order valence-corrected chi connectivity index (χ1v) is 11.3. The van der Waals surface area contributed by atoms with E-state index in [-0.39, 0.29) is 28.8 Å². The molecule has 0 saturated carbocycles. The topological polar surface area (TPSA) is 117 Å². The summed E-state index contributed by atoms with van der Waals surface area (Å²) in [5.41, 5.74) is 0.994. The Balaban J connectivity index is 1.62. The molecule has 0 radical (unpaired) electrons. The quantitative estimate of drug-likeness (QED) is 0.0920. The summed E-state index contributed by atoms with van der Waals surface area (Å²) >= 11 is 7.85. The molecule has 9 nitrogen and oxygen atoms in total. The molecule has 176 valence electrons. The van der Waals surface area contributed by atoms with Gasteiger partial charge in [-0.25, -0.2) is 14.6 Å². The number of hydrogen-bond acceptors (Lipinski definition) is 8. The summed E-state index contributed by atoms with van der Waals surface area (Å²) in [7, 11) is 1.42. The van der Waals surface area contributed by atoms with E-state index in [1.54, 1.807) is 42.5 Å². The van der Waals surface area contributed by atoms with Gasteiger partial charge in [-0.1, -0.05) is 17.7 Å². The van der Waals surface area contributed by atoms with Gasteiger partial charge in [-0.2, -0.15) is 0 Å². The van der Waals surface area contributed by atoms with Crippen LogP contribution in [-0.2, 0) is 9.53 Å². The van der Waals surface area contributed by atoms with Crippen LogP contribution in [0.15, 0.2) is 71.4 Å². The molecule has 0 amide bonds. The van der Waals surface area contributed by atoms with Crippen LogP contribution >= 0.6 is 34.2 Å². The normalized spacial score (nSPS) is 13.9. The van der Waals surface area contributed by atoms with Crippen molar-refractivity contribution in [1.82, 2.24) is 0 Å². The van der Waals surface area contributed by atoms with E-state index in [4.69, 9.17) is 25.8 Å². The van der Waals surface area contributed by atoms with E-state index in [1.807, 2.05) is 22.6 Å². The highest BCUT2D eigenvalue weighted by molar-refractivity contribution is 14.1. The first kappa shape index (κ1) is 24.4. The fourth-order valence-corrected chi connectivity index (χ4v) is 3.96. The maximum absolute atomic E-state index is 12.5. The molecular weight excluding hydrogens is 591 g/mol.